The largest absolute Gasteiger partial charge is 0.103 e. The minimum atomic E-state index is 0.709. The molecule has 1 saturated carbocycles. The van der Waals surface area contributed by atoms with Gasteiger partial charge >= 0.3 is 0 Å². The number of hydrogen-bond donors (Lipinski definition) is 0. The molecule has 1 aliphatic carbocycles. The van der Waals surface area contributed by atoms with E-state index < -0.39 is 0 Å². The summed E-state index contributed by atoms with van der Waals surface area (Å²) in [7, 11) is 0. The van der Waals surface area contributed by atoms with Crippen molar-refractivity contribution >= 4 is 11.6 Å². The Morgan fingerprint density at radius 2 is 1.79 bits per heavy atom. The second-order valence-electron chi connectivity index (χ2n) is 5.03. The van der Waals surface area contributed by atoms with Crippen LogP contribution in [0.5, 0.6) is 0 Å². The molecule has 1 fully saturated rings. The van der Waals surface area contributed by atoms with E-state index in [2.05, 4.69) is 48.8 Å². The summed E-state index contributed by atoms with van der Waals surface area (Å²) in [5.41, 5.74) is 3.92. The lowest BCUT2D eigenvalue weighted by atomic mass is 9.79. The fourth-order valence-corrected chi connectivity index (χ4v) is 2.75. The SMILES string of the molecule is C=C[C@H]1CC[C@H](c2ccc(C#CC=CCl)cc2)CC1. The smallest absolute Gasteiger partial charge is 0.0249 e. The second-order valence-corrected chi connectivity index (χ2v) is 5.28. The molecule has 19 heavy (non-hydrogen) atoms. The van der Waals surface area contributed by atoms with Crippen molar-refractivity contribution in [1.29, 1.82) is 0 Å². The molecule has 0 atom stereocenters. The third-order valence-corrected chi connectivity index (χ3v) is 3.98. The minimum absolute atomic E-state index is 0.709. The highest BCUT2D eigenvalue weighted by Gasteiger charge is 2.20. The van der Waals surface area contributed by atoms with Gasteiger partial charge in [-0.25, -0.2) is 0 Å². The Labute approximate surface area is 121 Å². The molecule has 0 radical (unpaired) electrons. The number of hydrogen-bond acceptors (Lipinski definition) is 0. The first-order valence-electron chi connectivity index (χ1n) is 6.82. The van der Waals surface area contributed by atoms with Gasteiger partial charge in [0.2, 0.25) is 0 Å². The highest BCUT2D eigenvalue weighted by Crippen LogP contribution is 2.36. The second kappa shape index (κ2) is 7.22. The van der Waals surface area contributed by atoms with Crippen LogP contribution in [0.2, 0.25) is 0 Å². The van der Waals surface area contributed by atoms with Crippen molar-refractivity contribution in [1.82, 2.24) is 0 Å². The normalized spacial score (nSPS) is 22.8. The van der Waals surface area contributed by atoms with Gasteiger partial charge in [0, 0.05) is 11.1 Å². The molecule has 0 heterocycles. The van der Waals surface area contributed by atoms with Crippen LogP contribution in [0, 0.1) is 17.8 Å². The molecule has 0 unspecified atom stereocenters. The quantitative estimate of drug-likeness (QED) is 0.509. The summed E-state index contributed by atoms with van der Waals surface area (Å²) in [5, 5.41) is 0. The van der Waals surface area contributed by atoms with Crippen LogP contribution in [0.3, 0.4) is 0 Å². The maximum atomic E-state index is 5.43. The Bertz CT molecular complexity index is 491. The zero-order valence-corrected chi connectivity index (χ0v) is 11.9. The lowest BCUT2D eigenvalue weighted by Gasteiger charge is -2.26. The van der Waals surface area contributed by atoms with Crippen LogP contribution in [-0.2, 0) is 0 Å². The van der Waals surface area contributed by atoms with Crippen molar-refractivity contribution in [3.63, 3.8) is 0 Å². The van der Waals surface area contributed by atoms with Crippen LogP contribution in [0.1, 0.15) is 42.7 Å². The maximum absolute atomic E-state index is 5.43. The molecular formula is C18H19Cl. The van der Waals surface area contributed by atoms with Gasteiger partial charge in [0.1, 0.15) is 0 Å². The molecule has 0 aliphatic heterocycles. The number of rotatable bonds is 2. The van der Waals surface area contributed by atoms with Crippen LogP contribution in [0.15, 0.2) is 48.5 Å². The monoisotopic (exact) mass is 270 g/mol. The summed E-state index contributed by atoms with van der Waals surface area (Å²) in [4.78, 5) is 0. The van der Waals surface area contributed by atoms with E-state index in [0.717, 1.165) is 11.5 Å². The Morgan fingerprint density at radius 1 is 1.11 bits per heavy atom. The first-order chi connectivity index (χ1) is 9.33. The Morgan fingerprint density at radius 3 is 2.37 bits per heavy atom. The van der Waals surface area contributed by atoms with Gasteiger partial charge in [-0.3, -0.25) is 0 Å². The first-order valence-corrected chi connectivity index (χ1v) is 7.26. The Hall–Kier alpha value is -1.45. The van der Waals surface area contributed by atoms with Gasteiger partial charge in [-0.05, 0) is 61.3 Å². The molecule has 1 aliphatic rings. The summed E-state index contributed by atoms with van der Waals surface area (Å²) in [6.45, 7) is 3.90. The van der Waals surface area contributed by atoms with Crippen molar-refractivity contribution in [2.75, 3.05) is 0 Å². The van der Waals surface area contributed by atoms with Crippen molar-refractivity contribution in [3.05, 3.63) is 59.7 Å². The van der Waals surface area contributed by atoms with Crippen LogP contribution in [0.4, 0.5) is 0 Å². The fourth-order valence-electron chi connectivity index (χ4n) is 2.68. The maximum Gasteiger partial charge on any atom is 0.0249 e. The van der Waals surface area contributed by atoms with E-state index >= 15 is 0 Å². The molecule has 0 saturated heterocycles. The Kier molecular flexibility index (Phi) is 5.31. The third kappa shape index (κ3) is 4.01. The highest BCUT2D eigenvalue weighted by molar-refractivity contribution is 6.25. The molecule has 0 aromatic heterocycles. The molecule has 1 aromatic carbocycles. The minimum Gasteiger partial charge on any atom is -0.103 e. The summed E-state index contributed by atoms with van der Waals surface area (Å²) in [6.07, 6.45) is 8.85. The van der Waals surface area contributed by atoms with E-state index in [0.29, 0.717) is 5.92 Å². The summed E-state index contributed by atoms with van der Waals surface area (Å²) in [5.74, 6) is 7.38. The van der Waals surface area contributed by atoms with E-state index in [1.807, 2.05) is 0 Å². The first kappa shape index (κ1) is 14.0. The van der Waals surface area contributed by atoms with Crippen molar-refractivity contribution in [2.45, 2.75) is 31.6 Å². The van der Waals surface area contributed by atoms with Gasteiger partial charge in [0.25, 0.3) is 0 Å². The summed E-state index contributed by atoms with van der Waals surface area (Å²) >= 11 is 5.43. The molecule has 98 valence electrons. The molecule has 1 heteroatoms. The van der Waals surface area contributed by atoms with Crippen molar-refractivity contribution < 1.29 is 0 Å². The summed E-state index contributed by atoms with van der Waals surface area (Å²) < 4.78 is 0. The number of benzene rings is 1. The predicted octanol–water partition coefficient (Wildman–Crippen LogP) is 5.25. The van der Waals surface area contributed by atoms with Gasteiger partial charge in [-0.1, -0.05) is 41.7 Å². The van der Waals surface area contributed by atoms with Crippen LogP contribution in [-0.4, -0.2) is 0 Å². The third-order valence-electron chi connectivity index (χ3n) is 3.85. The van der Waals surface area contributed by atoms with Crippen LogP contribution >= 0.6 is 11.6 Å². The van der Waals surface area contributed by atoms with Gasteiger partial charge in [0.15, 0.2) is 0 Å². The standard InChI is InChI=1S/C18H19Cl/c1-2-15-6-10-17(11-7-15)18-12-8-16(9-13-18)5-3-4-14-19/h2,4,8-9,12-15,17H,1,6-7,10-11H2/t15-,17-. The van der Waals surface area contributed by atoms with Crippen LogP contribution < -0.4 is 0 Å². The van der Waals surface area contributed by atoms with Gasteiger partial charge in [-0.2, -0.15) is 0 Å². The molecule has 2 rings (SSSR count). The van der Waals surface area contributed by atoms with Gasteiger partial charge in [0.05, 0.1) is 0 Å². The zero-order valence-electron chi connectivity index (χ0n) is 11.1. The molecule has 0 amide bonds. The molecule has 0 nitrogen and oxygen atoms in total. The van der Waals surface area contributed by atoms with Crippen molar-refractivity contribution in [3.8, 4) is 11.8 Å². The van der Waals surface area contributed by atoms with E-state index in [9.17, 15) is 0 Å². The van der Waals surface area contributed by atoms with Gasteiger partial charge in [-0.15, -0.1) is 6.58 Å². The fraction of sp³-hybridized carbons (Fsp3) is 0.333. The number of allylic oxidation sites excluding steroid dienone is 2. The average molecular weight is 271 g/mol. The molecule has 1 aromatic rings. The lowest BCUT2D eigenvalue weighted by Crippen LogP contribution is -2.11. The van der Waals surface area contributed by atoms with Crippen LogP contribution in [0.25, 0.3) is 0 Å². The summed E-state index contributed by atoms with van der Waals surface area (Å²) in [6, 6.07) is 8.63. The lowest BCUT2D eigenvalue weighted by molar-refractivity contribution is 0.376. The predicted molar refractivity (Wildman–Crippen MR) is 83.2 cm³/mol. The van der Waals surface area contributed by atoms with E-state index in [1.54, 1.807) is 6.08 Å². The van der Waals surface area contributed by atoms with Crippen molar-refractivity contribution in [2.24, 2.45) is 5.92 Å². The Balaban J connectivity index is 1.99. The molecule has 0 N–H and O–H groups in total. The zero-order chi connectivity index (χ0) is 13.5. The van der Waals surface area contributed by atoms with Gasteiger partial charge < -0.3 is 0 Å². The molecule has 0 spiro atoms. The van der Waals surface area contributed by atoms with E-state index in [-0.39, 0.29) is 0 Å². The van der Waals surface area contributed by atoms with E-state index in [4.69, 9.17) is 11.6 Å². The highest BCUT2D eigenvalue weighted by atomic mass is 35.5. The van der Waals surface area contributed by atoms with E-state index in [1.165, 1.54) is 36.8 Å². The average Bonchev–Trinajstić information content (AvgIpc) is 2.48. The topological polar surface area (TPSA) is 0 Å². The number of halogens is 1. The molecular weight excluding hydrogens is 252 g/mol. The molecule has 0 bridgehead atoms.